The molecule has 0 aliphatic carbocycles. The molecular formula is C28H25ClN2O3S. The molecule has 35 heavy (non-hydrogen) atoms. The molecule has 4 aromatic carbocycles. The Hall–Kier alpha value is -3.61. The summed E-state index contributed by atoms with van der Waals surface area (Å²) < 4.78 is 26.3. The van der Waals surface area contributed by atoms with Crippen molar-refractivity contribution >= 4 is 33.2 Å². The van der Waals surface area contributed by atoms with Gasteiger partial charge in [0.2, 0.25) is 10.0 Å². The van der Waals surface area contributed by atoms with Gasteiger partial charge in [0.15, 0.2) is 0 Å². The van der Waals surface area contributed by atoms with E-state index in [-0.39, 0.29) is 18.5 Å². The molecule has 0 aliphatic rings. The number of hydrogen-bond donors (Lipinski definition) is 1. The molecule has 0 heterocycles. The van der Waals surface area contributed by atoms with Crippen LogP contribution in [-0.4, -0.2) is 20.6 Å². The van der Waals surface area contributed by atoms with E-state index in [0.717, 1.165) is 17.4 Å². The van der Waals surface area contributed by atoms with Crippen LogP contribution in [0.15, 0.2) is 109 Å². The number of amides is 1. The Kier molecular flexibility index (Phi) is 7.54. The van der Waals surface area contributed by atoms with Crippen LogP contribution in [0, 0.1) is 0 Å². The predicted molar refractivity (Wildman–Crippen MR) is 141 cm³/mol. The molecule has 0 saturated carbocycles. The van der Waals surface area contributed by atoms with Crippen molar-refractivity contribution < 1.29 is 13.2 Å². The van der Waals surface area contributed by atoms with Gasteiger partial charge in [-0.15, -0.1) is 0 Å². The predicted octanol–water partition coefficient (Wildman–Crippen LogP) is 5.83. The summed E-state index contributed by atoms with van der Waals surface area (Å²) in [6, 6.07) is 32.8. The first-order valence-corrected chi connectivity index (χ1v) is 13.3. The number of sulfonamides is 1. The van der Waals surface area contributed by atoms with E-state index in [1.807, 2.05) is 66.7 Å². The zero-order chi connectivity index (χ0) is 24.8. The molecule has 178 valence electrons. The zero-order valence-electron chi connectivity index (χ0n) is 19.1. The first-order valence-electron chi connectivity index (χ1n) is 11.0. The van der Waals surface area contributed by atoms with E-state index in [1.165, 1.54) is 4.31 Å². The van der Waals surface area contributed by atoms with Crippen LogP contribution < -0.4 is 9.62 Å². The van der Waals surface area contributed by atoms with Crippen molar-refractivity contribution in [1.82, 2.24) is 5.32 Å². The molecule has 7 heteroatoms. The van der Waals surface area contributed by atoms with E-state index in [2.05, 4.69) is 5.32 Å². The van der Waals surface area contributed by atoms with Crippen LogP contribution in [-0.2, 0) is 16.6 Å². The van der Waals surface area contributed by atoms with Gasteiger partial charge in [-0.2, -0.15) is 0 Å². The van der Waals surface area contributed by atoms with Gasteiger partial charge in [-0.3, -0.25) is 9.10 Å². The first-order chi connectivity index (χ1) is 16.8. The maximum Gasteiger partial charge on any atom is 0.252 e. The standard InChI is InChI=1S/C28H25ClN2O3S/c1-35(33,34)31(20-24-14-8-9-15-26(24)29)25-18-16-23(17-19-25)28(32)30-27(21-10-4-2-5-11-21)22-12-6-3-7-13-22/h2-19,27H,20H2,1H3,(H,30,32). The summed E-state index contributed by atoms with van der Waals surface area (Å²) in [6.45, 7) is 0.0914. The van der Waals surface area contributed by atoms with Crippen LogP contribution in [0.25, 0.3) is 0 Å². The van der Waals surface area contributed by atoms with Gasteiger partial charge >= 0.3 is 0 Å². The Balaban J connectivity index is 1.58. The molecule has 1 amide bonds. The van der Waals surface area contributed by atoms with E-state index in [9.17, 15) is 13.2 Å². The highest BCUT2D eigenvalue weighted by atomic mass is 35.5. The highest BCUT2D eigenvalue weighted by molar-refractivity contribution is 7.92. The molecule has 5 nitrogen and oxygen atoms in total. The van der Waals surface area contributed by atoms with Gasteiger partial charge in [0.1, 0.15) is 0 Å². The van der Waals surface area contributed by atoms with Crippen molar-refractivity contribution in [3.05, 3.63) is 136 Å². The summed E-state index contributed by atoms with van der Waals surface area (Å²) in [5, 5.41) is 3.59. The molecule has 0 aliphatic heterocycles. The van der Waals surface area contributed by atoms with Gasteiger partial charge in [0.25, 0.3) is 5.91 Å². The van der Waals surface area contributed by atoms with Gasteiger partial charge in [0, 0.05) is 10.6 Å². The third-order valence-electron chi connectivity index (χ3n) is 5.63. The number of nitrogens with zero attached hydrogens (tertiary/aromatic N) is 1. The third kappa shape index (κ3) is 6.10. The number of nitrogens with one attached hydrogen (secondary N) is 1. The summed E-state index contributed by atoms with van der Waals surface area (Å²) in [6.07, 6.45) is 1.15. The second kappa shape index (κ2) is 10.8. The van der Waals surface area contributed by atoms with Crippen molar-refractivity contribution in [3.63, 3.8) is 0 Å². The molecule has 0 radical (unpaired) electrons. The fourth-order valence-electron chi connectivity index (χ4n) is 3.82. The van der Waals surface area contributed by atoms with E-state index < -0.39 is 10.0 Å². The molecule has 0 aromatic heterocycles. The van der Waals surface area contributed by atoms with E-state index in [0.29, 0.717) is 21.8 Å². The monoisotopic (exact) mass is 504 g/mol. The summed E-state index contributed by atoms with van der Waals surface area (Å²) in [5.41, 5.74) is 3.50. The lowest BCUT2D eigenvalue weighted by molar-refractivity contribution is 0.0943. The van der Waals surface area contributed by atoms with Gasteiger partial charge < -0.3 is 5.32 Å². The number of benzene rings is 4. The molecular weight excluding hydrogens is 480 g/mol. The average molecular weight is 505 g/mol. The quantitative estimate of drug-likeness (QED) is 0.328. The van der Waals surface area contributed by atoms with Gasteiger partial charge in [0.05, 0.1) is 24.5 Å². The number of carbonyl (C=O) groups is 1. The lowest BCUT2D eigenvalue weighted by Gasteiger charge is -2.23. The fourth-order valence-corrected chi connectivity index (χ4v) is 4.90. The minimum Gasteiger partial charge on any atom is -0.341 e. The van der Waals surface area contributed by atoms with Crippen LogP contribution in [0.1, 0.15) is 33.1 Å². The largest absolute Gasteiger partial charge is 0.341 e. The molecule has 0 fully saturated rings. The zero-order valence-corrected chi connectivity index (χ0v) is 20.7. The molecule has 0 bridgehead atoms. The van der Waals surface area contributed by atoms with Crippen molar-refractivity contribution in [1.29, 1.82) is 0 Å². The van der Waals surface area contributed by atoms with Gasteiger partial charge in [-0.25, -0.2) is 8.42 Å². The Bertz CT molecular complexity index is 1350. The second-order valence-corrected chi connectivity index (χ2v) is 10.4. The van der Waals surface area contributed by atoms with Crippen LogP contribution in [0.5, 0.6) is 0 Å². The number of halogens is 1. The Morgan fingerprint density at radius 1 is 0.800 bits per heavy atom. The fraction of sp³-hybridized carbons (Fsp3) is 0.107. The van der Waals surface area contributed by atoms with Crippen molar-refractivity contribution in [2.24, 2.45) is 0 Å². The van der Waals surface area contributed by atoms with E-state index >= 15 is 0 Å². The number of rotatable bonds is 8. The molecule has 0 saturated heterocycles. The number of hydrogen-bond acceptors (Lipinski definition) is 3. The Morgan fingerprint density at radius 3 is 1.83 bits per heavy atom. The molecule has 0 unspecified atom stereocenters. The lowest BCUT2D eigenvalue weighted by Crippen LogP contribution is -2.30. The normalized spacial score (nSPS) is 11.3. The summed E-state index contributed by atoms with van der Waals surface area (Å²) >= 11 is 6.25. The van der Waals surface area contributed by atoms with Crippen LogP contribution in [0.3, 0.4) is 0 Å². The highest BCUT2D eigenvalue weighted by Crippen LogP contribution is 2.26. The van der Waals surface area contributed by atoms with Crippen LogP contribution in [0.4, 0.5) is 5.69 Å². The Morgan fingerprint density at radius 2 is 1.31 bits per heavy atom. The summed E-state index contributed by atoms with van der Waals surface area (Å²) in [4.78, 5) is 13.2. The van der Waals surface area contributed by atoms with E-state index in [1.54, 1.807) is 42.5 Å². The van der Waals surface area contributed by atoms with Crippen molar-refractivity contribution in [2.75, 3.05) is 10.6 Å². The summed E-state index contributed by atoms with van der Waals surface area (Å²) in [7, 11) is -3.58. The minimum absolute atomic E-state index is 0.0914. The van der Waals surface area contributed by atoms with Gasteiger partial charge in [-0.05, 0) is 47.0 Å². The van der Waals surface area contributed by atoms with E-state index in [4.69, 9.17) is 11.6 Å². The lowest BCUT2D eigenvalue weighted by atomic mass is 9.98. The molecule has 1 N–H and O–H groups in total. The van der Waals surface area contributed by atoms with Crippen molar-refractivity contribution in [2.45, 2.75) is 12.6 Å². The second-order valence-electron chi connectivity index (χ2n) is 8.14. The maximum absolute atomic E-state index is 13.2. The smallest absolute Gasteiger partial charge is 0.252 e. The molecule has 0 atom stereocenters. The van der Waals surface area contributed by atoms with Crippen LogP contribution >= 0.6 is 11.6 Å². The molecule has 4 rings (SSSR count). The SMILES string of the molecule is CS(=O)(=O)N(Cc1ccccc1Cl)c1ccc(C(=O)NC(c2ccccc2)c2ccccc2)cc1. The summed E-state index contributed by atoms with van der Waals surface area (Å²) in [5.74, 6) is -0.258. The van der Waals surface area contributed by atoms with Gasteiger partial charge in [-0.1, -0.05) is 90.5 Å². The minimum atomic E-state index is -3.58. The highest BCUT2D eigenvalue weighted by Gasteiger charge is 2.21. The molecule has 4 aromatic rings. The third-order valence-corrected chi connectivity index (χ3v) is 7.14. The van der Waals surface area contributed by atoms with Crippen molar-refractivity contribution in [3.8, 4) is 0 Å². The topological polar surface area (TPSA) is 66.5 Å². The average Bonchev–Trinajstić information content (AvgIpc) is 2.87. The van der Waals surface area contributed by atoms with Crippen LogP contribution in [0.2, 0.25) is 5.02 Å². The molecule has 0 spiro atoms. The number of carbonyl (C=O) groups excluding carboxylic acids is 1. The first kappa shape index (κ1) is 24.5. The Labute approximate surface area is 211 Å². The number of anilines is 1. The maximum atomic E-state index is 13.2.